The number of carbonyl (C=O) groups excluding carboxylic acids is 2. The quantitative estimate of drug-likeness (QED) is 0.103. The van der Waals surface area contributed by atoms with Gasteiger partial charge in [0.25, 0.3) is 0 Å². The summed E-state index contributed by atoms with van der Waals surface area (Å²) in [7, 11) is -3.80. The number of nitrogens with one attached hydrogen (secondary N) is 5. The summed E-state index contributed by atoms with van der Waals surface area (Å²) in [4.78, 5) is 44.6. The molecule has 2 amide bonds. The third kappa shape index (κ3) is 9.33. The molecular weight excluding hydrogens is 688 g/mol. The number of halogens is 1. The van der Waals surface area contributed by atoms with Crippen LogP contribution in [0.4, 0.5) is 5.69 Å². The van der Waals surface area contributed by atoms with Crippen molar-refractivity contribution in [2.45, 2.75) is 56.5 Å². The summed E-state index contributed by atoms with van der Waals surface area (Å²) < 4.78 is 29.2. The number of hydrogen-bond acceptors (Lipinski definition) is 6. The Kier molecular flexibility index (Phi) is 12.1. The monoisotopic (exact) mass is 730 g/mol. The Morgan fingerprint density at radius 2 is 1.59 bits per heavy atom. The summed E-state index contributed by atoms with van der Waals surface area (Å²) >= 11 is 0. The number of fused-ring (bicyclic) bond motifs is 1. The zero-order valence-corrected chi connectivity index (χ0v) is 29.9. The largest absolute Gasteiger partial charge is 0.344 e. The molecule has 4 aromatic carbocycles. The van der Waals surface area contributed by atoms with Crippen molar-refractivity contribution < 1.29 is 18.0 Å². The SMILES string of the molecule is Cc1ccc(S(=O)(=O)NCc2ccccc2)cc1-c1cccc(C[C@H](NC(=O)C2CCC(CN)CC2)C(=O)Nc2ccc3[nH]c(=O)[nH]c3c2)c1.Cl. The first-order valence-corrected chi connectivity index (χ1v) is 18.3. The average molecular weight is 731 g/mol. The smallest absolute Gasteiger partial charge is 0.323 e. The second kappa shape index (κ2) is 16.5. The number of aryl methyl sites for hydroxylation is 1. The number of imidazole rings is 1. The van der Waals surface area contributed by atoms with Crippen molar-refractivity contribution in [1.29, 1.82) is 0 Å². The van der Waals surface area contributed by atoms with Crippen LogP contribution in [0.5, 0.6) is 0 Å². The van der Waals surface area contributed by atoms with Crippen LogP contribution in [-0.4, -0.2) is 42.8 Å². The van der Waals surface area contributed by atoms with Gasteiger partial charge in [-0.25, -0.2) is 17.9 Å². The fourth-order valence-electron chi connectivity index (χ4n) is 6.54. The molecule has 1 aliphatic rings. The minimum Gasteiger partial charge on any atom is -0.344 e. The van der Waals surface area contributed by atoms with Crippen molar-refractivity contribution >= 4 is 51.0 Å². The fraction of sp³-hybridized carbons (Fsp3) is 0.289. The van der Waals surface area contributed by atoms with E-state index in [9.17, 15) is 22.8 Å². The maximum absolute atomic E-state index is 13.8. The minimum absolute atomic E-state index is 0. The van der Waals surface area contributed by atoms with Crippen molar-refractivity contribution in [3.05, 3.63) is 118 Å². The van der Waals surface area contributed by atoms with E-state index in [4.69, 9.17) is 5.73 Å². The summed E-state index contributed by atoms with van der Waals surface area (Å²) in [6, 6.07) is 26.1. The van der Waals surface area contributed by atoms with E-state index in [0.29, 0.717) is 42.0 Å². The van der Waals surface area contributed by atoms with Crippen LogP contribution in [0.25, 0.3) is 22.2 Å². The highest BCUT2D eigenvalue weighted by molar-refractivity contribution is 7.89. The van der Waals surface area contributed by atoms with Crippen LogP contribution in [0.1, 0.15) is 42.4 Å². The predicted octanol–water partition coefficient (Wildman–Crippen LogP) is 5.16. The van der Waals surface area contributed by atoms with E-state index >= 15 is 0 Å². The Morgan fingerprint density at radius 1 is 0.863 bits per heavy atom. The first-order valence-electron chi connectivity index (χ1n) is 16.8. The van der Waals surface area contributed by atoms with Crippen LogP contribution >= 0.6 is 12.4 Å². The van der Waals surface area contributed by atoms with Crippen molar-refractivity contribution in [2.75, 3.05) is 11.9 Å². The second-order valence-electron chi connectivity index (χ2n) is 13.0. The second-order valence-corrected chi connectivity index (χ2v) is 14.8. The maximum Gasteiger partial charge on any atom is 0.323 e. The average Bonchev–Trinajstić information content (AvgIpc) is 3.50. The minimum atomic E-state index is -3.80. The van der Waals surface area contributed by atoms with Gasteiger partial charge in [-0.2, -0.15) is 0 Å². The first kappa shape index (κ1) is 37.5. The van der Waals surface area contributed by atoms with Crippen LogP contribution in [0.3, 0.4) is 0 Å². The zero-order valence-electron chi connectivity index (χ0n) is 28.3. The molecule has 1 atom stereocenters. The summed E-state index contributed by atoms with van der Waals surface area (Å²) in [5.41, 5.74) is 11.2. The summed E-state index contributed by atoms with van der Waals surface area (Å²) in [6.45, 7) is 2.69. The van der Waals surface area contributed by atoms with Crippen LogP contribution in [-0.2, 0) is 32.6 Å². The number of rotatable bonds is 12. The molecule has 1 aliphatic carbocycles. The first-order chi connectivity index (χ1) is 24.1. The summed E-state index contributed by atoms with van der Waals surface area (Å²) in [5, 5.41) is 5.93. The highest BCUT2D eigenvalue weighted by Gasteiger charge is 2.29. The van der Waals surface area contributed by atoms with Gasteiger partial charge in [0.05, 0.1) is 15.9 Å². The number of aromatic nitrogens is 2. The molecule has 0 bridgehead atoms. The number of nitrogens with two attached hydrogens (primary N) is 1. The number of hydrogen-bond donors (Lipinski definition) is 6. The van der Waals surface area contributed by atoms with Crippen LogP contribution in [0.15, 0.2) is 101 Å². The Balaban J connectivity index is 0.00000504. The van der Waals surface area contributed by atoms with Gasteiger partial charge in [-0.05, 0) is 103 Å². The molecule has 13 heteroatoms. The van der Waals surface area contributed by atoms with Gasteiger partial charge in [0.2, 0.25) is 21.8 Å². The van der Waals surface area contributed by atoms with Crippen molar-refractivity contribution in [3.63, 3.8) is 0 Å². The molecule has 0 saturated heterocycles. The number of aromatic amines is 2. The molecule has 5 aromatic rings. The lowest BCUT2D eigenvalue weighted by atomic mass is 9.81. The number of carbonyl (C=O) groups is 2. The Bertz CT molecular complexity index is 2160. The molecule has 0 aliphatic heterocycles. The normalized spacial score (nSPS) is 16.6. The van der Waals surface area contributed by atoms with E-state index in [1.54, 1.807) is 36.4 Å². The highest BCUT2D eigenvalue weighted by Crippen LogP contribution is 2.30. The van der Waals surface area contributed by atoms with Gasteiger partial charge < -0.3 is 26.3 Å². The molecule has 1 heterocycles. The molecule has 0 spiro atoms. The fourth-order valence-corrected chi connectivity index (χ4v) is 7.58. The van der Waals surface area contributed by atoms with Gasteiger partial charge in [-0.3, -0.25) is 9.59 Å². The Labute approximate surface area is 303 Å². The van der Waals surface area contributed by atoms with Gasteiger partial charge >= 0.3 is 5.69 Å². The molecule has 11 nitrogen and oxygen atoms in total. The molecule has 0 unspecified atom stereocenters. The van der Waals surface area contributed by atoms with E-state index in [2.05, 4.69) is 25.3 Å². The van der Waals surface area contributed by atoms with E-state index in [1.807, 2.05) is 61.5 Å². The number of H-pyrrole nitrogens is 2. The van der Waals surface area contributed by atoms with E-state index in [-0.39, 0.29) is 47.8 Å². The number of sulfonamides is 1. The molecule has 51 heavy (non-hydrogen) atoms. The van der Waals surface area contributed by atoms with Gasteiger partial charge in [0.1, 0.15) is 6.04 Å². The molecule has 0 radical (unpaired) electrons. The summed E-state index contributed by atoms with van der Waals surface area (Å²) in [6.07, 6.45) is 3.38. The zero-order chi connectivity index (χ0) is 35.3. The molecule has 1 fully saturated rings. The van der Waals surface area contributed by atoms with Crippen molar-refractivity contribution in [1.82, 2.24) is 20.0 Å². The number of amides is 2. The maximum atomic E-state index is 13.8. The third-order valence-electron chi connectivity index (χ3n) is 9.47. The predicted molar refractivity (Wildman–Crippen MR) is 202 cm³/mol. The van der Waals surface area contributed by atoms with Gasteiger partial charge in [-0.15, -0.1) is 12.4 Å². The van der Waals surface area contributed by atoms with Crippen LogP contribution in [0, 0.1) is 18.8 Å². The molecule has 7 N–H and O–H groups in total. The lowest BCUT2D eigenvalue weighted by Crippen LogP contribution is -2.48. The molecule has 268 valence electrons. The van der Waals surface area contributed by atoms with E-state index in [0.717, 1.165) is 40.7 Å². The van der Waals surface area contributed by atoms with Gasteiger partial charge in [-0.1, -0.05) is 60.7 Å². The third-order valence-corrected chi connectivity index (χ3v) is 10.9. The van der Waals surface area contributed by atoms with E-state index < -0.39 is 22.0 Å². The lowest BCUT2D eigenvalue weighted by molar-refractivity contribution is -0.130. The van der Waals surface area contributed by atoms with Crippen LogP contribution < -0.4 is 26.8 Å². The van der Waals surface area contributed by atoms with Crippen LogP contribution in [0.2, 0.25) is 0 Å². The topological polar surface area (TPSA) is 179 Å². The van der Waals surface area contributed by atoms with Gasteiger partial charge in [0.15, 0.2) is 0 Å². The lowest BCUT2D eigenvalue weighted by Gasteiger charge is -2.28. The number of anilines is 1. The number of benzene rings is 4. The Morgan fingerprint density at radius 3 is 2.33 bits per heavy atom. The van der Waals surface area contributed by atoms with Crippen molar-refractivity contribution in [3.8, 4) is 11.1 Å². The Hall–Kier alpha value is -4.75. The standard InChI is InChI=1S/C38H42N6O5S.ClH/c1-24-10-16-31(50(48,49)40-23-26-6-3-2-4-7-26)21-32(24)29-9-5-8-27(18-29)19-35(42-36(45)28-13-11-25(22-39)12-14-28)37(46)41-30-15-17-33-34(20-30)44-38(47)43-33;/h2-10,15-18,20-21,25,28,35,40H,11-14,19,22-23,39H2,1H3,(H,41,46)(H,42,45)(H2,43,44,47);1H/t25?,28?,35-;/m0./s1. The molecule has 1 saturated carbocycles. The molecule has 1 aromatic heterocycles. The van der Waals surface area contributed by atoms with Crippen molar-refractivity contribution in [2.24, 2.45) is 17.6 Å². The molecule has 6 rings (SSSR count). The molecular formula is C38H43ClN6O5S. The highest BCUT2D eigenvalue weighted by atomic mass is 35.5. The summed E-state index contributed by atoms with van der Waals surface area (Å²) in [5.74, 6) is -0.361. The van der Waals surface area contributed by atoms with E-state index in [1.165, 1.54) is 0 Å². The van der Waals surface area contributed by atoms with Gasteiger partial charge in [0, 0.05) is 24.6 Å².